The minimum Gasteiger partial charge on any atom is -0.347 e. The minimum absolute atomic E-state index is 0.246. The van der Waals surface area contributed by atoms with Gasteiger partial charge in [-0.3, -0.25) is 9.98 Å². The Morgan fingerprint density at radius 1 is 1.06 bits per heavy atom. The number of amidine groups is 1. The maximum absolute atomic E-state index is 13.4. The average molecular weight is 496 g/mol. The van der Waals surface area contributed by atoms with Crippen molar-refractivity contribution in [3.63, 3.8) is 0 Å². The number of rotatable bonds is 11. The second-order valence-electron chi connectivity index (χ2n) is 7.77. The highest BCUT2D eigenvalue weighted by atomic mass is 32.2. The molecule has 0 aliphatic carbocycles. The van der Waals surface area contributed by atoms with Crippen molar-refractivity contribution in [2.24, 2.45) is 4.99 Å². The number of nitrogens with one attached hydrogen (secondary N) is 1. The molecule has 35 heavy (non-hydrogen) atoms. The van der Waals surface area contributed by atoms with E-state index in [0.29, 0.717) is 6.54 Å². The number of aromatic nitrogens is 1. The van der Waals surface area contributed by atoms with Crippen LogP contribution >= 0.6 is 11.8 Å². The zero-order valence-corrected chi connectivity index (χ0v) is 23.3. The van der Waals surface area contributed by atoms with Crippen LogP contribution in [0, 0.1) is 12.7 Å². The van der Waals surface area contributed by atoms with Crippen LogP contribution in [-0.4, -0.2) is 17.4 Å². The first-order valence-corrected chi connectivity index (χ1v) is 13.5. The SMILES string of the molecule is CC.CC/C=C(/C)S/C(=C/CC)CN=C(N/C=C/CCC)c1cc(-c2ccc(F)cc2)cnc1C. The van der Waals surface area contributed by atoms with Gasteiger partial charge in [0.15, 0.2) is 0 Å². The zero-order chi connectivity index (χ0) is 26.1. The van der Waals surface area contributed by atoms with Gasteiger partial charge < -0.3 is 5.32 Å². The van der Waals surface area contributed by atoms with Crippen LogP contribution in [-0.2, 0) is 0 Å². The Labute approximate surface area is 216 Å². The van der Waals surface area contributed by atoms with Crippen LogP contribution in [0.25, 0.3) is 11.1 Å². The van der Waals surface area contributed by atoms with Crippen LogP contribution in [0.1, 0.15) is 78.5 Å². The van der Waals surface area contributed by atoms with E-state index in [4.69, 9.17) is 4.99 Å². The van der Waals surface area contributed by atoms with Crippen molar-refractivity contribution in [2.75, 3.05) is 6.54 Å². The number of aryl methyl sites for hydroxylation is 1. The Morgan fingerprint density at radius 3 is 2.37 bits per heavy atom. The van der Waals surface area contributed by atoms with E-state index in [9.17, 15) is 4.39 Å². The third-order valence-corrected chi connectivity index (χ3v) is 5.97. The van der Waals surface area contributed by atoms with E-state index < -0.39 is 0 Å². The number of hydrogen-bond acceptors (Lipinski definition) is 3. The van der Waals surface area contributed by atoms with E-state index >= 15 is 0 Å². The van der Waals surface area contributed by atoms with E-state index in [0.717, 1.165) is 53.9 Å². The van der Waals surface area contributed by atoms with Gasteiger partial charge in [-0.05, 0) is 68.0 Å². The van der Waals surface area contributed by atoms with Gasteiger partial charge in [0.2, 0.25) is 0 Å². The standard InChI is InChI=1S/C28H36FN3S.C2H6/c1-6-9-10-17-30-28(32-20-26(12-8-3)33-21(4)11-7-2)27-18-24(19-31-22(27)5)23-13-15-25(29)16-14-23;1-2/h10-19H,6-9,20H2,1-5H3,(H,30,32);1-2H3/b17-10+,21-11-,26-12+;. The lowest BCUT2D eigenvalue weighted by atomic mass is 10.0. The van der Waals surface area contributed by atoms with Crippen LogP contribution in [0.2, 0.25) is 0 Å². The molecule has 0 fully saturated rings. The van der Waals surface area contributed by atoms with Crippen LogP contribution in [0.15, 0.2) is 75.8 Å². The van der Waals surface area contributed by atoms with Crippen LogP contribution in [0.4, 0.5) is 4.39 Å². The molecular weight excluding hydrogens is 453 g/mol. The highest BCUT2D eigenvalue weighted by Gasteiger charge is 2.11. The smallest absolute Gasteiger partial charge is 0.134 e. The fraction of sp³-hybridized carbons (Fsp3) is 0.400. The Morgan fingerprint density at radius 2 is 1.74 bits per heavy atom. The van der Waals surface area contributed by atoms with Crippen molar-refractivity contribution in [1.82, 2.24) is 10.3 Å². The fourth-order valence-corrected chi connectivity index (χ4v) is 4.27. The van der Waals surface area contributed by atoms with Gasteiger partial charge in [-0.15, -0.1) is 0 Å². The predicted molar refractivity (Wildman–Crippen MR) is 154 cm³/mol. The van der Waals surface area contributed by atoms with Gasteiger partial charge in [0.1, 0.15) is 11.7 Å². The van der Waals surface area contributed by atoms with E-state index in [-0.39, 0.29) is 5.82 Å². The highest BCUT2D eigenvalue weighted by molar-refractivity contribution is 8.06. The molecule has 1 aromatic heterocycles. The topological polar surface area (TPSA) is 37.3 Å². The van der Waals surface area contributed by atoms with E-state index in [1.807, 2.05) is 33.2 Å². The molecule has 3 nitrogen and oxygen atoms in total. The lowest BCUT2D eigenvalue weighted by molar-refractivity contribution is 0.628. The van der Waals surface area contributed by atoms with Gasteiger partial charge in [0.05, 0.1) is 6.54 Å². The van der Waals surface area contributed by atoms with E-state index in [1.165, 1.54) is 21.9 Å². The van der Waals surface area contributed by atoms with Gasteiger partial charge in [-0.2, -0.15) is 0 Å². The Kier molecular flexibility index (Phi) is 15.4. The summed E-state index contributed by atoms with van der Waals surface area (Å²) in [4.78, 5) is 12.1. The largest absolute Gasteiger partial charge is 0.347 e. The summed E-state index contributed by atoms with van der Waals surface area (Å²) in [7, 11) is 0. The average Bonchev–Trinajstić information content (AvgIpc) is 2.86. The summed E-state index contributed by atoms with van der Waals surface area (Å²) < 4.78 is 13.4. The molecule has 0 spiro atoms. The molecule has 0 amide bonds. The van der Waals surface area contributed by atoms with Crippen molar-refractivity contribution in [3.8, 4) is 11.1 Å². The highest BCUT2D eigenvalue weighted by Crippen LogP contribution is 2.27. The fourth-order valence-electron chi connectivity index (χ4n) is 3.23. The van der Waals surface area contributed by atoms with Crippen molar-refractivity contribution in [1.29, 1.82) is 0 Å². The second-order valence-corrected chi connectivity index (χ2v) is 9.14. The molecule has 2 rings (SSSR count). The number of aliphatic imine (C=N–C) groups is 1. The van der Waals surface area contributed by atoms with Crippen LogP contribution in [0.3, 0.4) is 0 Å². The summed E-state index contributed by atoms with van der Waals surface area (Å²) >= 11 is 1.79. The van der Waals surface area contributed by atoms with Crippen molar-refractivity contribution in [3.05, 3.63) is 87.8 Å². The Hall–Kier alpha value is -2.66. The monoisotopic (exact) mass is 495 g/mol. The van der Waals surface area contributed by atoms with Crippen molar-refractivity contribution < 1.29 is 4.39 Å². The normalized spacial score (nSPS) is 12.5. The summed E-state index contributed by atoms with van der Waals surface area (Å²) in [6.07, 6.45) is 14.5. The molecule has 0 saturated heterocycles. The molecule has 0 aliphatic heterocycles. The molecule has 1 N–H and O–H groups in total. The number of hydrogen-bond donors (Lipinski definition) is 1. The number of halogens is 1. The molecule has 0 unspecified atom stereocenters. The van der Waals surface area contributed by atoms with Gasteiger partial charge in [0, 0.05) is 27.9 Å². The quantitative estimate of drug-likeness (QED) is 0.249. The number of pyridine rings is 1. The molecule has 190 valence electrons. The first-order chi connectivity index (χ1) is 17.0. The summed E-state index contributed by atoms with van der Waals surface area (Å²) in [5.74, 6) is 0.542. The van der Waals surface area contributed by atoms with Gasteiger partial charge in [-0.25, -0.2) is 4.39 Å². The molecule has 5 heteroatoms. The number of unbranched alkanes of at least 4 members (excludes halogenated alkanes) is 1. The van der Waals surface area contributed by atoms with E-state index in [1.54, 1.807) is 23.9 Å². The maximum atomic E-state index is 13.4. The molecule has 2 aromatic rings. The first kappa shape index (κ1) is 30.4. The van der Waals surface area contributed by atoms with Crippen molar-refractivity contribution in [2.45, 2.75) is 74.1 Å². The third-order valence-electron chi connectivity index (χ3n) is 4.92. The number of allylic oxidation sites excluding steroid dienone is 4. The molecule has 1 heterocycles. The third kappa shape index (κ3) is 11.1. The lowest BCUT2D eigenvalue weighted by Crippen LogP contribution is -2.21. The van der Waals surface area contributed by atoms with Gasteiger partial charge in [0.25, 0.3) is 0 Å². The van der Waals surface area contributed by atoms with Gasteiger partial charge in [-0.1, -0.05) is 83.2 Å². The van der Waals surface area contributed by atoms with E-state index in [2.05, 4.69) is 62.3 Å². The summed E-state index contributed by atoms with van der Waals surface area (Å²) in [5.41, 5.74) is 3.70. The first-order valence-electron chi connectivity index (χ1n) is 12.7. The molecule has 0 saturated carbocycles. The Balaban J connectivity index is 0.00000298. The molecule has 0 radical (unpaired) electrons. The molecule has 0 bridgehead atoms. The number of thioether (sulfide) groups is 1. The summed E-state index contributed by atoms with van der Waals surface area (Å²) in [5, 5.41) is 3.39. The second kappa shape index (κ2) is 17.7. The molecular formula is C30H42FN3S. The predicted octanol–water partition coefficient (Wildman–Crippen LogP) is 9.21. The summed E-state index contributed by atoms with van der Waals surface area (Å²) in [6.45, 7) is 15.2. The minimum atomic E-state index is -0.246. The number of nitrogens with zero attached hydrogens (tertiary/aromatic N) is 2. The van der Waals surface area contributed by atoms with Gasteiger partial charge >= 0.3 is 0 Å². The van der Waals surface area contributed by atoms with Crippen LogP contribution in [0.5, 0.6) is 0 Å². The van der Waals surface area contributed by atoms with Crippen molar-refractivity contribution >= 4 is 17.6 Å². The lowest BCUT2D eigenvalue weighted by Gasteiger charge is -2.13. The molecule has 0 aliphatic rings. The Bertz CT molecular complexity index is 1000. The summed E-state index contributed by atoms with van der Waals surface area (Å²) in [6, 6.07) is 8.58. The maximum Gasteiger partial charge on any atom is 0.134 e. The number of benzene rings is 1. The zero-order valence-electron chi connectivity index (χ0n) is 22.5. The molecule has 0 atom stereocenters. The van der Waals surface area contributed by atoms with Crippen LogP contribution < -0.4 is 5.32 Å². The molecule has 1 aromatic carbocycles.